The Balaban J connectivity index is 2.30. The molecule has 0 spiro atoms. The van der Waals surface area contributed by atoms with E-state index >= 15 is 0 Å². The highest BCUT2D eigenvalue weighted by molar-refractivity contribution is 5.81. The molecule has 1 N–H and O–H groups in total. The molecule has 0 radical (unpaired) electrons. The Morgan fingerprint density at radius 2 is 1.90 bits per heavy atom. The van der Waals surface area contributed by atoms with Crippen molar-refractivity contribution in [3.8, 4) is 0 Å². The minimum Gasteiger partial charge on any atom is -0.466 e. The fraction of sp³-hybridized carbons (Fsp3) is 0.467. The number of nitrogens with one attached hydrogen (secondary N) is 1. The molecule has 1 unspecified atom stereocenters. The standard InChI is InChI=1S/C15H20FNO3/c1-3-20-15(19)9-8-14(18)17-11(2)10-12-4-6-13(16)7-5-12/h4-7,11H,3,8-10H2,1-2H3,(H,17,18). The normalized spacial score (nSPS) is 11.8. The number of amides is 1. The zero-order valence-electron chi connectivity index (χ0n) is 11.8. The van der Waals surface area contributed by atoms with Gasteiger partial charge in [-0.3, -0.25) is 9.59 Å². The summed E-state index contributed by atoms with van der Waals surface area (Å²) in [5.41, 5.74) is 0.949. The SMILES string of the molecule is CCOC(=O)CCC(=O)NC(C)Cc1ccc(F)cc1. The molecule has 1 aromatic rings. The number of carbonyl (C=O) groups excluding carboxylic acids is 2. The Morgan fingerprint density at radius 3 is 2.50 bits per heavy atom. The van der Waals surface area contributed by atoms with Gasteiger partial charge in [-0.15, -0.1) is 0 Å². The third kappa shape index (κ3) is 6.31. The van der Waals surface area contributed by atoms with Crippen molar-refractivity contribution in [2.24, 2.45) is 0 Å². The second-order valence-electron chi connectivity index (χ2n) is 4.60. The maximum Gasteiger partial charge on any atom is 0.306 e. The van der Waals surface area contributed by atoms with Crippen molar-refractivity contribution >= 4 is 11.9 Å². The van der Waals surface area contributed by atoms with Crippen molar-refractivity contribution in [3.05, 3.63) is 35.6 Å². The fourth-order valence-corrected chi connectivity index (χ4v) is 1.82. The second kappa shape index (κ2) is 8.30. The lowest BCUT2D eigenvalue weighted by Crippen LogP contribution is -2.34. The molecule has 0 saturated carbocycles. The molecule has 1 aromatic carbocycles. The summed E-state index contributed by atoms with van der Waals surface area (Å²) < 4.78 is 17.5. The zero-order valence-corrected chi connectivity index (χ0v) is 11.8. The molecule has 20 heavy (non-hydrogen) atoms. The molecule has 1 amide bonds. The molecule has 0 fully saturated rings. The Bertz CT molecular complexity index is 445. The van der Waals surface area contributed by atoms with Crippen LogP contribution in [0.1, 0.15) is 32.3 Å². The molecule has 0 aliphatic rings. The fourth-order valence-electron chi connectivity index (χ4n) is 1.82. The number of hydrogen-bond acceptors (Lipinski definition) is 3. The van der Waals surface area contributed by atoms with Gasteiger partial charge in [0, 0.05) is 12.5 Å². The molecule has 0 aromatic heterocycles. The summed E-state index contributed by atoms with van der Waals surface area (Å²) in [5, 5.41) is 2.80. The van der Waals surface area contributed by atoms with Crippen LogP contribution in [0.3, 0.4) is 0 Å². The van der Waals surface area contributed by atoms with Gasteiger partial charge in [0.2, 0.25) is 5.91 Å². The van der Waals surface area contributed by atoms with Crippen LogP contribution >= 0.6 is 0 Å². The van der Waals surface area contributed by atoms with Crippen LogP contribution < -0.4 is 5.32 Å². The lowest BCUT2D eigenvalue weighted by Gasteiger charge is -2.13. The van der Waals surface area contributed by atoms with Gasteiger partial charge in [0.25, 0.3) is 0 Å². The van der Waals surface area contributed by atoms with Crippen LogP contribution in [0.15, 0.2) is 24.3 Å². The number of esters is 1. The molecule has 110 valence electrons. The highest BCUT2D eigenvalue weighted by atomic mass is 19.1. The van der Waals surface area contributed by atoms with E-state index in [-0.39, 0.29) is 36.6 Å². The highest BCUT2D eigenvalue weighted by Gasteiger charge is 2.11. The van der Waals surface area contributed by atoms with Gasteiger partial charge in [0.05, 0.1) is 13.0 Å². The van der Waals surface area contributed by atoms with E-state index in [1.54, 1.807) is 19.1 Å². The van der Waals surface area contributed by atoms with Gasteiger partial charge in [-0.05, 0) is 38.0 Å². The van der Waals surface area contributed by atoms with E-state index < -0.39 is 0 Å². The molecule has 0 saturated heterocycles. The van der Waals surface area contributed by atoms with E-state index in [2.05, 4.69) is 5.32 Å². The third-order valence-electron chi connectivity index (χ3n) is 2.72. The molecule has 1 atom stereocenters. The summed E-state index contributed by atoms with van der Waals surface area (Å²) in [6, 6.07) is 6.10. The molecule has 0 bridgehead atoms. The van der Waals surface area contributed by atoms with Crippen molar-refractivity contribution in [2.45, 2.75) is 39.2 Å². The van der Waals surface area contributed by atoms with E-state index in [0.717, 1.165) is 5.56 Å². The summed E-state index contributed by atoms with van der Waals surface area (Å²) in [7, 11) is 0. The van der Waals surface area contributed by atoms with E-state index in [1.807, 2.05) is 6.92 Å². The van der Waals surface area contributed by atoms with Gasteiger partial charge in [-0.25, -0.2) is 4.39 Å². The number of benzene rings is 1. The average Bonchev–Trinajstić information content (AvgIpc) is 2.39. The van der Waals surface area contributed by atoms with E-state index in [4.69, 9.17) is 4.74 Å². The first-order valence-electron chi connectivity index (χ1n) is 6.70. The first-order valence-corrected chi connectivity index (χ1v) is 6.70. The zero-order chi connectivity index (χ0) is 15.0. The second-order valence-corrected chi connectivity index (χ2v) is 4.60. The van der Waals surface area contributed by atoms with E-state index in [0.29, 0.717) is 13.0 Å². The molecule has 4 nitrogen and oxygen atoms in total. The number of halogens is 1. The number of carbonyl (C=O) groups is 2. The van der Waals surface area contributed by atoms with Gasteiger partial charge in [0.15, 0.2) is 0 Å². The lowest BCUT2D eigenvalue weighted by atomic mass is 10.1. The Hall–Kier alpha value is -1.91. The van der Waals surface area contributed by atoms with Crippen LogP contribution in [0.4, 0.5) is 4.39 Å². The van der Waals surface area contributed by atoms with Gasteiger partial charge in [-0.2, -0.15) is 0 Å². The topological polar surface area (TPSA) is 55.4 Å². The van der Waals surface area contributed by atoms with Crippen LogP contribution in [-0.4, -0.2) is 24.5 Å². The monoisotopic (exact) mass is 281 g/mol. The number of ether oxygens (including phenoxy) is 1. The minimum atomic E-state index is -0.367. The van der Waals surface area contributed by atoms with Gasteiger partial charge >= 0.3 is 5.97 Å². The highest BCUT2D eigenvalue weighted by Crippen LogP contribution is 2.06. The maximum absolute atomic E-state index is 12.8. The first kappa shape index (κ1) is 16.1. The van der Waals surface area contributed by atoms with Crippen molar-refractivity contribution in [1.29, 1.82) is 0 Å². The van der Waals surface area contributed by atoms with Crippen LogP contribution in [0.2, 0.25) is 0 Å². The summed E-state index contributed by atoms with van der Waals surface area (Å²) in [6.45, 7) is 3.91. The summed E-state index contributed by atoms with van der Waals surface area (Å²) in [6.07, 6.45) is 0.820. The van der Waals surface area contributed by atoms with Crippen LogP contribution in [0.5, 0.6) is 0 Å². The summed E-state index contributed by atoms with van der Waals surface area (Å²) in [4.78, 5) is 22.7. The quantitative estimate of drug-likeness (QED) is 0.780. The van der Waals surface area contributed by atoms with Gasteiger partial charge in [-0.1, -0.05) is 12.1 Å². The molecule has 0 aliphatic carbocycles. The number of hydrogen-bond donors (Lipinski definition) is 1. The third-order valence-corrected chi connectivity index (χ3v) is 2.72. The van der Waals surface area contributed by atoms with Gasteiger partial charge in [0.1, 0.15) is 5.82 Å². The van der Waals surface area contributed by atoms with E-state index in [1.165, 1.54) is 12.1 Å². The molecule has 5 heteroatoms. The summed E-state index contributed by atoms with van der Waals surface area (Å²) >= 11 is 0. The minimum absolute atomic E-state index is 0.0739. The lowest BCUT2D eigenvalue weighted by molar-refractivity contribution is -0.144. The number of rotatable bonds is 7. The smallest absolute Gasteiger partial charge is 0.306 e. The molecule has 0 heterocycles. The molecular weight excluding hydrogens is 261 g/mol. The predicted molar refractivity (Wildman–Crippen MR) is 73.6 cm³/mol. The Kier molecular flexibility index (Phi) is 6.70. The van der Waals surface area contributed by atoms with Crippen molar-refractivity contribution in [2.75, 3.05) is 6.61 Å². The molecule has 0 aliphatic heterocycles. The summed E-state index contributed by atoms with van der Waals surface area (Å²) in [5.74, 6) is -0.832. The predicted octanol–water partition coefficient (Wildman–Crippen LogP) is 2.22. The molecule has 1 rings (SSSR count). The first-order chi connectivity index (χ1) is 9.51. The van der Waals surface area contributed by atoms with Crippen LogP contribution in [0.25, 0.3) is 0 Å². The Labute approximate surface area is 118 Å². The van der Waals surface area contributed by atoms with Crippen molar-refractivity contribution in [3.63, 3.8) is 0 Å². The van der Waals surface area contributed by atoms with Crippen molar-refractivity contribution in [1.82, 2.24) is 5.32 Å². The average molecular weight is 281 g/mol. The van der Waals surface area contributed by atoms with Gasteiger partial charge < -0.3 is 10.1 Å². The van der Waals surface area contributed by atoms with Crippen LogP contribution in [-0.2, 0) is 20.7 Å². The molecular formula is C15H20FNO3. The maximum atomic E-state index is 12.8. The largest absolute Gasteiger partial charge is 0.466 e. The van der Waals surface area contributed by atoms with Crippen LogP contribution in [0, 0.1) is 5.82 Å². The Morgan fingerprint density at radius 1 is 1.25 bits per heavy atom. The van der Waals surface area contributed by atoms with Crippen molar-refractivity contribution < 1.29 is 18.7 Å². The van der Waals surface area contributed by atoms with E-state index in [9.17, 15) is 14.0 Å².